The van der Waals surface area contributed by atoms with E-state index in [4.69, 9.17) is 14.7 Å². The van der Waals surface area contributed by atoms with E-state index in [1.807, 2.05) is 53.2 Å². The number of fused-ring (bicyclic) bond motifs is 2. The van der Waals surface area contributed by atoms with Crippen LogP contribution < -0.4 is 0 Å². The van der Waals surface area contributed by atoms with E-state index in [2.05, 4.69) is 35.9 Å². The second-order valence-corrected chi connectivity index (χ2v) is 12.7. The van der Waals surface area contributed by atoms with Crippen molar-refractivity contribution < 1.29 is 13.3 Å². The number of imidazole rings is 2. The molecule has 8 nitrogen and oxygen atoms in total. The SMILES string of the molecule is CCc1cn(-c2ccc(/C=C3\OC4(CN5C3=NCCC5(C)c3ccc(F)cc3)CS(=O)C4)c3c2ncn3C)cn1. The molecule has 3 aliphatic rings. The molecule has 0 N–H and O–H groups in total. The van der Waals surface area contributed by atoms with Gasteiger partial charge in [0.25, 0.3) is 0 Å². The topological polar surface area (TPSA) is 77.5 Å². The molecule has 1 atom stereocenters. The molecule has 0 aliphatic carbocycles. The molecule has 0 bridgehead atoms. The highest BCUT2D eigenvalue weighted by molar-refractivity contribution is 7.86. The number of benzene rings is 2. The quantitative estimate of drug-likeness (QED) is 0.372. The zero-order valence-corrected chi connectivity index (χ0v) is 23.6. The van der Waals surface area contributed by atoms with Crippen LogP contribution in [0.25, 0.3) is 22.8 Å². The van der Waals surface area contributed by atoms with Gasteiger partial charge in [0.05, 0.1) is 53.1 Å². The van der Waals surface area contributed by atoms with Crippen molar-refractivity contribution in [1.29, 1.82) is 0 Å². The summed E-state index contributed by atoms with van der Waals surface area (Å²) in [4.78, 5) is 16.5. The average molecular weight is 559 g/mol. The number of halogens is 1. The third-order valence-electron chi connectivity index (χ3n) is 8.46. The van der Waals surface area contributed by atoms with Crippen LogP contribution in [0.2, 0.25) is 0 Å². The Morgan fingerprint density at radius 1 is 1.12 bits per heavy atom. The first-order valence-corrected chi connectivity index (χ1v) is 15.1. The van der Waals surface area contributed by atoms with Crippen LogP contribution >= 0.6 is 0 Å². The predicted molar refractivity (Wildman–Crippen MR) is 154 cm³/mol. The largest absolute Gasteiger partial charge is 0.480 e. The number of aromatic nitrogens is 4. The second-order valence-electron chi connectivity index (χ2n) is 11.2. The van der Waals surface area contributed by atoms with Gasteiger partial charge in [0, 0.05) is 36.2 Å². The summed E-state index contributed by atoms with van der Waals surface area (Å²) in [5, 5.41) is 0. The fourth-order valence-electron chi connectivity index (χ4n) is 6.22. The minimum absolute atomic E-state index is 0.254. The highest BCUT2D eigenvalue weighted by Gasteiger charge is 2.55. The van der Waals surface area contributed by atoms with Crippen LogP contribution in [-0.4, -0.2) is 64.2 Å². The van der Waals surface area contributed by atoms with Gasteiger partial charge in [-0.2, -0.15) is 0 Å². The molecule has 2 saturated heterocycles. The fraction of sp³-hybridized carbons (Fsp3) is 0.367. The van der Waals surface area contributed by atoms with Gasteiger partial charge >= 0.3 is 0 Å². The Labute approximate surface area is 234 Å². The van der Waals surface area contributed by atoms with Crippen molar-refractivity contribution >= 4 is 33.7 Å². The monoisotopic (exact) mass is 558 g/mol. The van der Waals surface area contributed by atoms with Crippen LogP contribution in [-0.2, 0) is 34.5 Å². The first-order valence-electron chi connectivity index (χ1n) is 13.6. The van der Waals surface area contributed by atoms with Crippen molar-refractivity contribution in [3.8, 4) is 5.69 Å². The number of morpholine rings is 1. The highest BCUT2D eigenvalue weighted by atomic mass is 32.2. The maximum atomic E-state index is 13.8. The molecule has 7 rings (SSSR count). The van der Waals surface area contributed by atoms with Crippen LogP contribution in [0.3, 0.4) is 0 Å². The zero-order valence-electron chi connectivity index (χ0n) is 22.8. The molecule has 1 unspecified atom stereocenters. The van der Waals surface area contributed by atoms with Crippen LogP contribution in [0.1, 0.15) is 37.1 Å². The molecule has 2 fully saturated rings. The first kappa shape index (κ1) is 25.2. The third kappa shape index (κ3) is 3.91. The van der Waals surface area contributed by atoms with Gasteiger partial charge in [0.1, 0.15) is 16.9 Å². The zero-order chi connectivity index (χ0) is 27.6. The van der Waals surface area contributed by atoms with Gasteiger partial charge in [-0.05, 0) is 49.6 Å². The number of aliphatic imine (C=N–C) groups is 1. The molecule has 3 aliphatic heterocycles. The van der Waals surface area contributed by atoms with E-state index < -0.39 is 21.9 Å². The number of aryl methyl sites for hydroxylation is 2. The normalized spacial score (nSPS) is 27.0. The minimum Gasteiger partial charge on any atom is -0.480 e. The molecule has 0 amide bonds. The van der Waals surface area contributed by atoms with E-state index in [1.54, 1.807) is 0 Å². The Morgan fingerprint density at radius 3 is 2.65 bits per heavy atom. The number of hydrogen-bond donors (Lipinski definition) is 0. The summed E-state index contributed by atoms with van der Waals surface area (Å²) in [6.45, 7) is 5.49. The molecule has 10 heteroatoms. The van der Waals surface area contributed by atoms with Crippen LogP contribution in [0, 0.1) is 5.82 Å². The van der Waals surface area contributed by atoms with Gasteiger partial charge in [0.2, 0.25) is 0 Å². The molecule has 2 aromatic heterocycles. The van der Waals surface area contributed by atoms with E-state index in [0.29, 0.717) is 30.4 Å². The Kier molecular flexibility index (Phi) is 5.75. The molecule has 206 valence electrons. The standard InChI is InChI=1S/C30H31FN6O2S/c1-4-23-14-36(19-33-23)24-10-5-20(27-26(24)34-18-35(27)3)13-25-28-32-12-11-29(2,21-6-8-22(31)9-7-21)37(28)15-30(39-25)16-40(38)17-30/h5-10,13-14,18-19H,4,11-12,15-17H2,1-3H3/b25-13-. The van der Waals surface area contributed by atoms with Crippen molar-refractivity contribution in [2.45, 2.75) is 37.8 Å². The Balaban J connectivity index is 1.35. The molecule has 40 heavy (non-hydrogen) atoms. The molecule has 0 radical (unpaired) electrons. The number of hydrogen-bond acceptors (Lipinski definition) is 6. The third-order valence-corrected chi connectivity index (χ3v) is 10.2. The minimum atomic E-state index is -0.909. The van der Waals surface area contributed by atoms with Crippen molar-refractivity contribution in [2.24, 2.45) is 12.0 Å². The lowest BCUT2D eigenvalue weighted by atomic mass is 9.83. The maximum Gasteiger partial charge on any atom is 0.167 e. The van der Waals surface area contributed by atoms with Gasteiger partial charge < -0.3 is 18.8 Å². The van der Waals surface area contributed by atoms with Crippen LogP contribution in [0.5, 0.6) is 0 Å². The molecular weight excluding hydrogens is 527 g/mol. The van der Waals surface area contributed by atoms with Gasteiger partial charge in [-0.15, -0.1) is 0 Å². The Bertz CT molecular complexity index is 1710. The van der Waals surface area contributed by atoms with E-state index in [0.717, 1.165) is 52.2 Å². The Hall–Kier alpha value is -3.79. The van der Waals surface area contributed by atoms with Crippen molar-refractivity contribution in [3.63, 3.8) is 0 Å². The molecule has 0 saturated carbocycles. The predicted octanol–water partition coefficient (Wildman–Crippen LogP) is 4.35. The van der Waals surface area contributed by atoms with E-state index in [1.165, 1.54) is 12.1 Å². The number of amidine groups is 1. The molecular formula is C30H31FN6O2S. The number of rotatable bonds is 4. The van der Waals surface area contributed by atoms with E-state index in [9.17, 15) is 8.60 Å². The summed E-state index contributed by atoms with van der Waals surface area (Å²) in [5.41, 5.74) is 4.86. The van der Waals surface area contributed by atoms with Gasteiger partial charge in [-0.25, -0.2) is 14.4 Å². The molecule has 1 spiro atoms. The Morgan fingerprint density at radius 2 is 1.93 bits per heavy atom. The van der Waals surface area contributed by atoms with Gasteiger partial charge in [0.15, 0.2) is 11.6 Å². The summed E-state index contributed by atoms with van der Waals surface area (Å²) in [6.07, 6.45) is 9.39. The van der Waals surface area contributed by atoms with E-state index >= 15 is 0 Å². The fourth-order valence-corrected chi connectivity index (χ4v) is 7.61. The summed E-state index contributed by atoms with van der Waals surface area (Å²) in [5.74, 6) is 2.16. The number of ether oxygens (including phenoxy) is 1. The van der Waals surface area contributed by atoms with Crippen LogP contribution in [0.15, 0.2) is 66.0 Å². The van der Waals surface area contributed by atoms with Crippen molar-refractivity contribution in [3.05, 3.63) is 83.6 Å². The average Bonchev–Trinajstić information content (AvgIpc) is 3.56. The summed E-state index contributed by atoms with van der Waals surface area (Å²) < 4.78 is 36.9. The smallest absolute Gasteiger partial charge is 0.167 e. The van der Waals surface area contributed by atoms with Crippen molar-refractivity contribution in [1.82, 2.24) is 24.0 Å². The lowest BCUT2D eigenvalue weighted by Crippen LogP contribution is -2.68. The van der Waals surface area contributed by atoms with E-state index in [-0.39, 0.29) is 5.82 Å². The molecule has 4 aromatic rings. The second kappa shape index (κ2) is 9.12. The summed E-state index contributed by atoms with van der Waals surface area (Å²) >= 11 is 0. The summed E-state index contributed by atoms with van der Waals surface area (Å²) in [6, 6.07) is 10.9. The lowest BCUT2D eigenvalue weighted by molar-refractivity contribution is -0.0287. The first-order chi connectivity index (χ1) is 19.3. The molecule has 5 heterocycles. The van der Waals surface area contributed by atoms with Crippen molar-refractivity contribution in [2.75, 3.05) is 24.6 Å². The van der Waals surface area contributed by atoms with Crippen LogP contribution in [0.4, 0.5) is 4.39 Å². The lowest BCUT2D eigenvalue weighted by Gasteiger charge is -2.56. The molecule has 2 aromatic carbocycles. The summed E-state index contributed by atoms with van der Waals surface area (Å²) in [7, 11) is 1.08. The maximum absolute atomic E-state index is 13.8. The highest BCUT2D eigenvalue weighted by Crippen LogP contribution is 2.44. The number of nitrogens with zero attached hydrogens (tertiary/aromatic N) is 6. The van der Waals surface area contributed by atoms with Gasteiger partial charge in [-0.3, -0.25) is 9.20 Å². The van der Waals surface area contributed by atoms with Gasteiger partial charge in [-0.1, -0.05) is 25.1 Å².